The van der Waals surface area contributed by atoms with E-state index < -0.39 is 18.2 Å². The summed E-state index contributed by atoms with van der Waals surface area (Å²) in [6.07, 6.45) is -2.42. The Morgan fingerprint density at radius 2 is 0.682 bits per heavy atom. The number of nitrogens with two attached hydrogens (primary N) is 4. The van der Waals surface area contributed by atoms with Crippen molar-refractivity contribution in [3.8, 4) is 0 Å². The van der Waals surface area contributed by atoms with Gasteiger partial charge in [-0.15, -0.1) is 0 Å². The average Bonchev–Trinajstić information content (AvgIpc) is 1.81. The first-order valence-electron chi connectivity index (χ1n) is 2.62. The lowest BCUT2D eigenvalue weighted by molar-refractivity contribution is -0.191. The maximum atomic E-state index is 9.00. The Balaban J connectivity index is -0.00000000740. The Morgan fingerprint density at radius 1 is 0.682 bits per heavy atom. The molecule has 0 saturated heterocycles. The van der Waals surface area contributed by atoms with Gasteiger partial charge in [-0.2, -0.15) is 9.59 Å². The first kappa shape index (κ1) is 96.3. The fourth-order valence-corrected chi connectivity index (χ4v) is 0. The van der Waals surface area contributed by atoms with Crippen molar-refractivity contribution in [2.45, 2.75) is 14.9 Å². The number of rotatable bonds is 0. The second-order valence-corrected chi connectivity index (χ2v) is 1.16. The topological polar surface area (TPSA) is 401 Å². The van der Waals surface area contributed by atoms with Crippen LogP contribution >= 0.6 is 0 Å². The first-order chi connectivity index (χ1) is 6.61. The van der Waals surface area contributed by atoms with Crippen molar-refractivity contribution in [1.29, 1.82) is 0 Å². The molecule has 0 bridgehead atoms. The minimum absolute atomic E-state index is 0. The molecule has 0 fully saturated rings. The van der Waals surface area contributed by atoms with Crippen LogP contribution in [0.25, 0.3) is 0 Å². The van der Waals surface area contributed by atoms with Gasteiger partial charge in [-0.25, -0.2) is 14.4 Å². The smallest absolute Gasteiger partial charge is 0.402 e. The van der Waals surface area contributed by atoms with Gasteiger partial charge in [0.05, 0.1) is 0 Å². The lowest BCUT2D eigenvalue weighted by atomic mass is 11.2. The van der Waals surface area contributed by atoms with Crippen LogP contribution in [-0.2, 0) is 9.59 Å². The molecule has 16 nitrogen and oxygen atoms in total. The van der Waals surface area contributed by atoms with E-state index in [2.05, 4.69) is 22.9 Å². The lowest BCUT2D eigenvalue weighted by Gasteiger charge is -1.62. The molecule has 16 heteroatoms. The molecule has 0 heterocycles. The number of carbonyl (C=O) groups is 3. The van der Waals surface area contributed by atoms with Crippen molar-refractivity contribution in [2.24, 2.45) is 22.9 Å². The molecule has 0 radical (unpaired) electrons. The molecule has 0 aliphatic heterocycles. The number of hydrogen-bond donors (Lipinski definition) is 10. The van der Waals surface area contributed by atoms with Gasteiger partial charge >= 0.3 is 24.4 Å². The molecule has 0 aromatic carbocycles. The highest BCUT2D eigenvalue weighted by atomic mass is 16.4. The summed E-state index contributed by atoms with van der Waals surface area (Å²) in [5.74, 6) is 0. The number of urea groups is 1. The van der Waals surface area contributed by atoms with Crippen LogP contribution in [0, 0.1) is 0 Å². The number of amides is 4. The summed E-state index contributed by atoms with van der Waals surface area (Å²) in [4.78, 5) is 42.8. The molecule has 0 saturated carbocycles. The van der Waals surface area contributed by atoms with Crippen molar-refractivity contribution < 1.29 is 39.7 Å². The normalized spacial score (nSPS) is 3.64. The summed E-state index contributed by atoms with van der Waals surface area (Å²) in [6, 6.07) is -0.833. The van der Waals surface area contributed by atoms with E-state index in [0.29, 0.717) is 0 Å². The molecule has 4 amide bonds. The van der Waals surface area contributed by atoms with Crippen molar-refractivity contribution in [2.75, 3.05) is 0 Å². The highest BCUT2D eigenvalue weighted by Gasteiger charge is 1.65. The highest BCUT2D eigenvalue weighted by molar-refractivity contribution is 5.69. The van der Waals surface area contributed by atoms with E-state index in [9.17, 15) is 0 Å². The van der Waals surface area contributed by atoms with E-state index in [0.717, 1.165) is 0 Å². The SMILES string of the molecule is C.C.N.N.N.N.NC(=O)O.NC(=O)O.NC(N)=O.O.O=C=O. The summed E-state index contributed by atoms with van der Waals surface area (Å²) in [6.45, 7) is 0. The molecule has 0 aliphatic rings. The predicted octanol–water partition coefficient (Wildman–Crippen LogP) is -1.22. The molecule has 144 valence electrons. The third-order valence-corrected chi connectivity index (χ3v) is 0. The monoisotopic (exact) mass is 344 g/mol. The van der Waals surface area contributed by atoms with E-state index in [1.807, 2.05) is 0 Å². The quantitative estimate of drug-likeness (QED) is 0.248. The van der Waals surface area contributed by atoms with Crippen molar-refractivity contribution in [3.05, 3.63) is 0 Å². The standard InChI is InChI=1S/CH4N2O.2CH3NO2.CO2.2CH4.4H3N.H2O/c3*2-1(3)4;2-1-3;;;;;;;/h(H4,2,3,4);2*2H2,(H,3,4);;2*1H4;4*1H3;1H2. The van der Waals surface area contributed by atoms with Crippen LogP contribution in [0.5, 0.6) is 0 Å². The molecular formula is C6H32N8O8. The fourth-order valence-electron chi connectivity index (χ4n) is 0. The Morgan fingerprint density at radius 3 is 0.682 bits per heavy atom. The minimum Gasteiger partial charge on any atom is -0.465 e. The molecule has 0 atom stereocenters. The molecule has 24 N–H and O–H groups in total. The average molecular weight is 344 g/mol. The van der Waals surface area contributed by atoms with Crippen LogP contribution in [0.15, 0.2) is 0 Å². The lowest BCUT2D eigenvalue weighted by Crippen LogP contribution is -2.18. The Bertz CT molecular complexity index is 192. The van der Waals surface area contributed by atoms with Crippen LogP contribution in [0.3, 0.4) is 0 Å². The highest BCUT2D eigenvalue weighted by Crippen LogP contribution is 1.35. The summed E-state index contributed by atoms with van der Waals surface area (Å²) in [7, 11) is 0. The molecule has 22 heavy (non-hydrogen) atoms. The van der Waals surface area contributed by atoms with Crippen LogP contribution in [-0.4, -0.2) is 40.1 Å². The summed E-state index contributed by atoms with van der Waals surface area (Å²) in [5.41, 5.74) is 16.6. The molecule has 0 unspecified atom stereocenters. The van der Waals surface area contributed by atoms with Gasteiger partial charge < -0.3 is 63.2 Å². The van der Waals surface area contributed by atoms with Crippen molar-refractivity contribution >= 4 is 24.4 Å². The Labute approximate surface area is 127 Å². The van der Waals surface area contributed by atoms with E-state index in [1.54, 1.807) is 0 Å². The number of hydrogen-bond acceptors (Lipinski definition) is 9. The van der Waals surface area contributed by atoms with Gasteiger partial charge in [-0.05, 0) is 0 Å². The fraction of sp³-hybridized carbons (Fsp3) is 0.333. The van der Waals surface area contributed by atoms with Gasteiger partial charge in [0.15, 0.2) is 0 Å². The molecule has 0 aromatic heterocycles. The van der Waals surface area contributed by atoms with Crippen LogP contribution in [0.4, 0.5) is 14.4 Å². The van der Waals surface area contributed by atoms with Gasteiger partial charge in [0.25, 0.3) is 0 Å². The van der Waals surface area contributed by atoms with Gasteiger partial charge in [0.2, 0.25) is 0 Å². The zero-order chi connectivity index (χ0) is 13.4. The van der Waals surface area contributed by atoms with Gasteiger partial charge in [-0.3, -0.25) is 0 Å². The summed E-state index contributed by atoms with van der Waals surface area (Å²) < 4.78 is 0. The number of carboxylic acid groups (broad SMARTS) is 2. The second-order valence-electron chi connectivity index (χ2n) is 1.16. The largest absolute Gasteiger partial charge is 0.465 e. The van der Waals surface area contributed by atoms with Crippen molar-refractivity contribution in [3.63, 3.8) is 0 Å². The first-order valence-corrected chi connectivity index (χ1v) is 2.62. The van der Waals surface area contributed by atoms with Gasteiger partial charge in [0, 0.05) is 0 Å². The minimum atomic E-state index is -1.33. The van der Waals surface area contributed by atoms with Crippen LogP contribution in [0.1, 0.15) is 14.9 Å². The van der Waals surface area contributed by atoms with E-state index >= 15 is 0 Å². The summed E-state index contributed by atoms with van der Waals surface area (Å²) in [5, 5.41) is 14.4. The van der Waals surface area contributed by atoms with Crippen LogP contribution in [0.2, 0.25) is 0 Å². The van der Waals surface area contributed by atoms with Gasteiger partial charge in [0.1, 0.15) is 0 Å². The van der Waals surface area contributed by atoms with Gasteiger partial charge in [-0.1, -0.05) is 14.9 Å². The Hall–Kier alpha value is -3.01. The molecule has 0 aliphatic carbocycles. The maximum absolute atomic E-state index is 9.00. The third-order valence-electron chi connectivity index (χ3n) is 0. The third kappa shape index (κ3) is 479. The molecule has 0 spiro atoms. The van der Waals surface area contributed by atoms with E-state index in [-0.39, 0.29) is 51.1 Å². The molecule has 0 rings (SSSR count). The summed E-state index contributed by atoms with van der Waals surface area (Å²) >= 11 is 0. The van der Waals surface area contributed by atoms with E-state index in [1.165, 1.54) is 0 Å². The zero-order valence-electron chi connectivity index (χ0n) is 10.6. The second kappa shape index (κ2) is 106. The number of carbonyl (C=O) groups excluding carboxylic acids is 3. The predicted molar refractivity (Wildman–Crippen MR) is 80.4 cm³/mol. The Kier molecular flexibility index (Phi) is 465. The molecule has 0 aromatic rings. The van der Waals surface area contributed by atoms with Crippen molar-refractivity contribution in [1.82, 2.24) is 24.6 Å². The van der Waals surface area contributed by atoms with E-state index in [4.69, 9.17) is 34.2 Å². The molecular weight excluding hydrogens is 312 g/mol. The maximum Gasteiger partial charge on any atom is 0.402 e. The zero-order valence-corrected chi connectivity index (χ0v) is 10.6. The number of primary amides is 4. The van der Waals surface area contributed by atoms with Crippen LogP contribution < -0.4 is 47.5 Å².